The summed E-state index contributed by atoms with van der Waals surface area (Å²) >= 11 is 3.55. The van der Waals surface area contributed by atoms with E-state index in [1.165, 1.54) is 5.56 Å². The Morgan fingerprint density at radius 3 is 2.03 bits per heavy atom. The topological polar surface area (TPSA) is 49.4 Å². The number of nitrogens with zero attached hydrogens (tertiary/aromatic N) is 1. The van der Waals surface area contributed by atoms with Crippen molar-refractivity contribution in [3.05, 3.63) is 106 Å². The zero-order valence-electron chi connectivity index (χ0n) is 23.6. The summed E-state index contributed by atoms with van der Waals surface area (Å²) in [6, 6.07) is 25.7. The monoisotopic (exact) mass is 576 g/mol. The molecule has 0 saturated carbocycles. The molecule has 0 spiro atoms. The molecule has 1 N–H and O–H groups in total. The van der Waals surface area contributed by atoms with Crippen LogP contribution in [0.25, 0.3) is 0 Å². The second-order valence-electron chi connectivity index (χ2n) is 12.0. The van der Waals surface area contributed by atoms with Gasteiger partial charge in [0.2, 0.25) is 11.8 Å². The molecule has 0 radical (unpaired) electrons. The molecule has 1 atom stereocenters. The van der Waals surface area contributed by atoms with E-state index in [-0.39, 0.29) is 17.2 Å². The van der Waals surface area contributed by atoms with Crippen molar-refractivity contribution >= 4 is 27.7 Å². The number of carbonyl (C=O) groups is 2. The van der Waals surface area contributed by atoms with E-state index in [9.17, 15) is 9.59 Å². The van der Waals surface area contributed by atoms with Gasteiger partial charge in [-0.05, 0) is 67.0 Å². The molecule has 0 fully saturated rings. The van der Waals surface area contributed by atoms with Gasteiger partial charge in [0.25, 0.3) is 0 Å². The molecule has 0 aliphatic carbocycles. The Morgan fingerprint density at radius 2 is 1.45 bits per heavy atom. The van der Waals surface area contributed by atoms with Crippen molar-refractivity contribution in [3.8, 4) is 0 Å². The summed E-state index contributed by atoms with van der Waals surface area (Å²) in [5, 5.41) is 3.12. The summed E-state index contributed by atoms with van der Waals surface area (Å²) in [6.07, 6.45) is 1.40. The van der Waals surface area contributed by atoms with Crippen LogP contribution in [0.15, 0.2) is 83.3 Å². The highest BCUT2D eigenvalue weighted by Crippen LogP contribution is 2.23. The summed E-state index contributed by atoms with van der Waals surface area (Å²) in [7, 11) is 0. The second kappa shape index (κ2) is 12.8. The zero-order chi connectivity index (χ0) is 27.9. The fourth-order valence-electron chi connectivity index (χ4n) is 4.41. The van der Waals surface area contributed by atoms with Gasteiger partial charge in [0.1, 0.15) is 6.04 Å². The minimum absolute atomic E-state index is 0.0325. The molecular weight excluding hydrogens is 536 g/mol. The van der Waals surface area contributed by atoms with Crippen LogP contribution in [0.2, 0.25) is 0 Å². The minimum Gasteiger partial charge on any atom is -0.350 e. The maximum Gasteiger partial charge on any atom is 0.243 e. The second-order valence-corrected chi connectivity index (χ2v) is 13.0. The number of halogens is 1. The van der Waals surface area contributed by atoms with E-state index in [1.54, 1.807) is 4.90 Å². The molecule has 3 rings (SSSR count). The summed E-state index contributed by atoms with van der Waals surface area (Å²) in [6.45, 7) is 12.8. The van der Waals surface area contributed by atoms with Gasteiger partial charge in [-0.15, -0.1) is 0 Å². The highest BCUT2D eigenvalue weighted by Gasteiger charge is 2.32. The van der Waals surface area contributed by atoms with Crippen molar-refractivity contribution in [1.29, 1.82) is 0 Å². The Hall–Kier alpha value is -2.92. The van der Waals surface area contributed by atoms with Gasteiger partial charge in [-0.2, -0.15) is 0 Å². The molecule has 0 saturated heterocycles. The fourth-order valence-corrected chi connectivity index (χ4v) is 4.85. The lowest BCUT2D eigenvalue weighted by atomic mass is 9.86. The van der Waals surface area contributed by atoms with Gasteiger partial charge in [-0.1, -0.05) is 103 Å². The summed E-state index contributed by atoms with van der Waals surface area (Å²) < 4.78 is 0.945. The van der Waals surface area contributed by atoms with Crippen molar-refractivity contribution in [2.75, 3.05) is 0 Å². The van der Waals surface area contributed by atoms with Crippen LogP contribution in [0.3, 0.4) is 0 Å². The quantitative estimate of drug-likeness (QED) is 0.292. The molecular formula is C33H41BrN2O2. The van der Waals surface area contributed by atoms with Crippen LogP contribution in [0.5, 0.6) is 0 Å². The highest BCUT2D eigenvalue weighted by atomic mass is 79.9. The first-order valence-electron chi connectivity index (χ1n) is 13.3. The maximum absolute atomic E-state index is 13.9. The van der Waals surface area contributed by atoms with Crippen molar-refractivity contribution < 1.29 is 9.59 Å². The molecule has 0 unspecified atom stereocenters. The lowest BCUT2D eigenvalue weighted by Crippen LogP contribution is -2.54. The van der Waals surface area contributed by atoms with Crippen molar-refractivity contribution in [3.63, 3.8) is 0 Å². The standard InChI is InChI=1S/C33H41BrN2O2/c1-32(2,3)27-18-15-24(16-19-27)17-20-30(37)36(23-26-13-10-14-28(34)21-26)29(31(38)35-33(4,5)6)22-25-11-8-7-9-12-25/h7-16,18-19,21,29H,17,20,22-23H2,1-6H3,(H,35,38)/t29-/m0/s1. The van der Waals surface area contributed by atoms with Crippen LogP contribution in [-0.4, -0.2) is 28.3 Å². The first kappa shape index (κ1) is 29.6. The average Bonchev–Trinajstić information content (AvgIpc) is 2.84. The third-order valence-corrected chi connectivity index (χ3v) is 6.95. The Labute approximate surface area is 237 Å². The number of carbonyl (C=O) groups excluding carboxylic acids is 2. The fraction of sp³-hybridized carbons (Fsp3) is 0.394. The number of aryl methyl sites for hydroxylation is 1. The Balaban J connectivity index is 1.90. The third kappa shape index (κ3) is 9.13. The van der Waals surface area contributed by atoms with Gasteiger partial charge in [0, 0.05) is 29.4 Å². The van der Waals surface area contributed by atoms with Gasteiger partial charge in [-0.25, -0.2) is 0 Å². The first-order chi connectivity index (χ1) is 17.8. The number of nitrogens with one attached hydrogen (secondary N) is 1. The molecule has 4 nitrogen and oxygen atoms in total. The summed E-state index contributed by atoms with van der Waals surface area (Å²) in [4.78, 5) is 29.3. The average molecular weight is 578 g/mol. The minimum atomic E-state index is -0.633. The Kier molecular flexibility index (Phi) is 9.94. The van der Waals surface area contributed by atoms with Crippen LogP contribution in [0, 0.1) is 0 Å². The predicted octanol–water partition coefficient (Wildman–Crippen LogP) is 7.23. The van der Waals surface area contributed by atoms with Crippen molar-refractivity contribution in [2.24, 2.45) is 0 Å². The van der Waals surface area contributed by atoms with E-state index in [0.29, 0.717) is 25.8 Å². The van der Waals surface area contributed by atoms with Crippen LogP contribution in [0.4, 0.5) is 0 Å². The van der Waals surface area contributed by atoms with E-state index in [0.717, 1.165) is 21.2 Å². The zero-order valence-corrected chi connectivity index (χ0v) is 25.1. The summed E-state index contributed by atoms with van der Waals surface area (Å²) in [5.74, 6) is -0.172. The number of amides is 2. The Morgan fingerprint density at radius 1 is 0.816 bits per heavy atom. The molecule has 2 amide bonds. The molecule has 0 bridgehead atoms. The molecule has 202 valence electrons. The molecule has 3 aromatic carbocycles. The van der Waals surface area contributed by atoms with E-state index in [4.69, 9.17) is 0 Å². The lowest BCUT2D eigenvalue weighted by molar-refractivity contribution is -0.141. The van der Waals surface area contributed by atoms with Crippen molar-refractivity contribution in [1.82, 2.24) is 10.2 Å². The SMILES string of the molecule is CC(C)(C)NC(=O)[C@H](Cc1ccccc1)N(Cc1cccc(Br)c1)C(=O)CCc1ccc(C(C)(C)C)cc1. The predicted molar refractivity (Wildman–Crippen MR) is 160 cm³/mol. The molecule has 38 heavy (non-hydrogen) atoms. The largest absolute Gasteiger partial charge is 0.350 e. The van der Waals surface area contributed by atoms with Crippen LogP contribution in [0.1, 0.15) is 70.2 Å². The van der Waals surface area contributed by atoms with Gasteiger partial charge in [0.15, 0.2) is 0 Å². The third-order valence-electron chi connectivity index (χ3n) is 6.46. The van der Waals surface area contributed by atoms with E-state index in [2.05, 4.69) is 66.3 Å². The summed E-state index contributed by atoms with van der Waals surface area (Å²) in [5.41, 5.74) is 4.05. The molecule has 0 heterocycles. The normalized spacial score (nSPS) is 12.6. The number of benzene rings is 3. The number of hydrogen-bond donors (Lipinski definition) is 1. The smallest absolute Gasteiger partial charge is 0.243 e. The Bertz CT molecular complexity index is 1210. The molecule has 5 heteroatoms. The molecule has 0 aliphatic heterocycles. The van der Waals surface area contributed by atoms with E-state index in [1.807, 2.05) is 75.4 Å². The number of hydrogen-bond acceptors (Lipinski definition) is 2. The van der Waals surface area contributed by atoms with Crippen LogP contribution < -0.4 is 5.32 Å². The maximum atomic E-state index is 13.9. The van der Waals surface area contributed by atoms with Crippen LogP contribution in [-0.2, 0) is 34.4 Å². The highest BCUT2D eigenvalue weighted by molar-refractivity contribution is 9.10. The lowest BCUT2D eigenvalue weighted by Gasteiger charge is -2.34. The molecule has 0 aromatic heterocycles. The van der Waals surface area contributed by atoms with Gasteiger partial charge < -0.3 is 10.2 Å². The van der Waals surface area contributed by atoms with Gasteiger partial charge in [0.05, 0.1) is 0 Å². The van der Waals surface area contributed by atoms with Crippen LogP contribution >= 0.6 is 15.9 Å². The van der Waals surface area contributed by atoms with Crippen molar-refractivity contribution in [2.45, 2.75) is 84.3 Å². The van der Waals surface area contributed by atoms with Gasteiger partial charge in [-0.3, -0.25) is 9.59 Å². The first-order valence-corrected chi connectivity index (χ1v) is 14.1. The number of rotatable bonds is 9. The van der Waals surface area contributed by atoms with E-state index >= 15 is 0 Å². The van der Waals surface area contributed by atoms with Gasteiger partial charge >= 0.3 is 0 Å². The van der Waals surface area contributed by atoms with E-state index < -0.39 is 11.6 Å². The molecule has 0 aliphatic rings. The molecule has 3 aromatic rings.